The standard InChI is InChI=1S/C15H18BrN3O2/c1-10-6-18(7-11(2)21-10)9-13-5-15(20)19-8-12(16)3-4-14(19)17-13/h3-5,8,10-11H,6-7,9H2,1-2H3/t10-,11-/m1/s1. The molecule has 6 heteroatoms. The van der Waals surface area contributed by atoms with Gasteiger partial charge >= 0.3 is 0 Å². The highest BCUT2D eigenvalue weighted by Crippen LogP contribution is 2.14. The van der Waals surface area contributed by atoms with E-state index >= 15 is 0 Å². The monoisotopic (exact) mass is 351 g/mol. The summed E-state index contributed by atoms with van der Waals surface area (Å²) in [5, 5.41) is 0. The molecule has 112 valence electrons. The number of nitrogens with zero attached hydrogens (tertiary/aromatic N) is 3. The predicted molar refractivity (Wildman–Crippen MR) is 84.4 cm³/mol. The lowest BCUT2D eigenvalue weighted by atomic mass is 10.2. The van der Waals surface area contributed by atoms with Gasteiger partial charge in [0.1, 0.15) is 5.65 Å². The van der Waals surface area contributed by atoms with Crippen molar-refractivity contribution in [2.24, 2.45) is 0 Å². The molecule has 5 nitrogen and oxygen atoms in total. The van der Waals surface area contributed by atoms with E-state index in [0.717, 1.165) is 23.3 Å². The molecule has 0 unspecified atom stereocenters. The second-order valence-electron chi connectivity index (χ2n) is 5.61. The molecule has 0 spiro atoms. The molecule has 1 aliphatic heterocycles. The Morgan fingerprint density at radius 1 is 1.33 bits per heavy atom. The normalized spacial score (nSPS) is 23.6. The zero-order valence-corrected chi connectivity index (χ0v) is 13.7. The van der Waals surface area contributed by atoms with Gasteiger partial charge in [0.15, 0.2) is 0 Å². The molecular formula is C15H18BrN3O2. The van der Waals surface area contributed by atoms with Crippen LogP contribution in [0.3, 0.4) is 0 Å². The molecule has 2 atom stereocenters. The second-order valence-corrected chi connectivity index (χ2v) is 6.53. The average Bonchev–Trinajstić information content (AvgIpc) is 2.38. The largest absolute Gasteiger partial charge is 0.373 e. The van der Waals surface area contributed by atoms with Crippen molar-refractivity contribution in [2.45, 2.75) is 32.6 Å². The van der Waals surface area contributed by atoms with Gasteiger partial charge in [0.25, 0.3) is 5.56 Å². The molecule has 0 saturated carbocycles. The molecule has 1 fully saturated rings. The van der Waals surface area contributed by atoms with Crippen molar-refractivity contribution in [1.29, 1.82) is 0 Å². The van der Waals surface area contributed by atoms with Crippen LogP contribution >= 0.6 is 15.9 Å². The van der Waals surface area contributed by atoms with E-state index < -0.39 is 0 Å². The van der Waals surface area contributed by atoms with Crippen LogP contribution in [0.15, 0.2) is 33.7 Å². The fraction of sp³-hybridized carbons (Fsp3) is 0.467. The predicted octanol–water partition coefficient (Wildman–Crippen LogP) is 2.07. The minimum absolute atomic E-state index is 0.0503. The maximum Gasteiger partial charge on any atom is 0.258 e. The number of aromatic nitrogens is 2. The van der Waals surface area contributed by atoms with E-state index in [9.17, 15) is 4.79 Å². The van der Waals surface area contributed by atoms with E-state index in [4.69, 9.17) is 4.74 Å². The molecule has 0 bridgehead atoms. The first-order chi connectivity index (χ1) is 10.0. The minimum Gasteiger partial charge on any atom is -0.373 e. The summed E-state index contributed by atoms with van der Waals surface area (Å²) in [6.45, 7) is 6.56. The first-order valence-electron chi connectivity index (χ1n) is 7.07. The van der Waals surface area contributed by atoms with Crippen LogP contribution < -0.4 is 5.56 Å². The van der Waals surface area contributed by atoms with Crippen LogP contribution in [0.2, 0.25) is 0 Å². The van der Waals surface area contributed by atoms with Crippen molar-refractivity contribution in [3.63, 3.8) is 0 Å². The smallest absolute Gasteiger partial charge is 0.258 e. The van der Waals surface area contributed by atoms with Gasteiger partial charge in [0.2, 0.25) is 0 Å². The number of halogens is 1. The van der Waals surface area contributed by atoms with Crippen molar-refractivity contribution in [3.8, 4) is 0 Å². The van der Waals surface area contributed by atoms with Crippen LogP contribution in [0.25, 0.3) is 5.65 Å². The third-order valence-electron chi connectivity index (χ3n) is 3.56. The Morgan fingerprint density at radius 2 is 2.05 bits per heavy atom. The molecule has 2 aromatic heterocycles. The molecule has 21 heavy (non-hydrogen) atoms. The van der Waals surface area contributed by atoms with Crippen molar-refractivity contribution < 1.29 is 4.74 Å². The lowest BCUT2D eigenvalue weighted by Crippen LogP contribution is -2.45. The summed E-state index contributed by atoms with van der Waals surface area (Å²) in [6, 6.07) is 5.36. The minimum atomic E-state index is -0.0503. The third-order valence-corrected chi connectivity index (χ3v) is 4.03. The topological polar surface area (TPSA) is 46.8 Å². The highest BCUT2D eigenvalue weighted by molar-refractivity contribution is 9.10. The van der Waals surface area contributed by atoms with Crippen LogP contribution in [-0.2, 0) is 11.3 Å². The maximum atomic E-state index is 12.2. The number of fused-ring (bicyclic) bond motifs is 1. The van der Waals surface area contributed by atoms with Gasteiger partial charge in [0, 0.05) is 36.4 Å². The number of ether oxygens (including phenoxy) is 1. The first kappa shape index (κ1) is 14.7. The van der Waals surface area contributed by atoms with Crippen LogP contribution in [-0.4, -0.2) is 39.6 Å². The SMILES string of the molecule is C[C@@H]1CN(Cc2cc(=O)n3cc(Br)ccc3n2)C[C@@H](C)O1. The van der Waals surface area contributed by atoms with Gasteiger partial charge in [-0.15, -0.1) is 0 Å². The average molecular weight is 352 g/mol. The summed E-state index contributed by atoms with van der Waals surface area (Å²) < 4.78 is 8.15. The Labute approximate surface area is 131 Å². The number of morpholine rings is 1. The van der Waals surface area contributed by atoms with Gasteiger partial charge in [-0.25, -0.2) is 4.98 Å². The summed E-state index contributed by atoms with van der Waals surface area (Å²) in [5.74, 6) is 0. The zero-order chi connectivity index (χ0) is 15.0. The molecule has 3 heterocycles. The van der Waals surface area contributed by atoms with Crippen LogP contribution in [0.5, 0.6) is 0 Å². The summed E-state index contributed by atoms with van der Waals surface area (Å²) in [7, 11) is 0. The molecule has 0 radical (unpaired) electrons. The molecule has 1 saturated heterocycles. The van der Waals surface area contributed by atoms with Gasteiger partial charge in [-0.1, -0.05) is 0 Å². The van der Waals surface area contributed by atoms with Gasteiger partial charge in [-0.2, -0.15) is 0 Å². The van der Waals surface area contributed by atoms with E-state index in [1.165, 1.54) is 0 Å². The molecule has 1 aliphatic rings. The first-order valence-corrected chi connectivity index (χ1v) is 7.86. The van der Waals surface area contributed by atoms with E-state index in [2.05, 4.69) is 39.7 Å². The quantitative estimate of drug-likeness (QED) is 0.830. The summed E-state index contributed by atoms with van der Waals surface area (Å²) in [5.41, 5.74) is 1.43. The van der Waals surface area contributed by atoms with Crippen molar-refractivity contribution >= 4 is 21.6 Å². The van der Waals surface area contributed by atoms with Crippen LogP contribution in [0.1, 0.15) is 19.5 Å². The Hall–Kier alpha value is -1.24. The zero-order valence-electron chi connectivity index (χ0n) is 12.1. The Morgan fingerprint density at radius 3 is 2.76 bits per heavy atom. The molecule has 2 aromatic rings. The third kappa shape index (κ3) is 3.33. The molecule has 0 amide bonds. The fourth-order valence-electron chi connectivity index (χ4n) is 2.85. The van der Waals surface area contributed by atoms with Crippen molar-refractivity contribution in [1.82, 2.24) is 14.3 Å². The van der Waals surface area contributed by atoms with Crippen molar-refractivity contribution in [2.75, 3.05) is 13.1 Å². The summed E-state index contributed by atoms with van der Waals surface area (Å²) in [6.07, 6.45) is 2.17. The molecule has 0 aromatic carbocycles. The van der Waals surface area contributed by atoms with E-state index in [1.807, 2.05) is 12.1 Å². The van der Waals surface area contributed by atoms with Crippen LogP contribution in [0, 0.1) is 0 Å². The maximum absolute atomic E-state index is 12.2. The number of hydrogen-bond acceptors (Lipinski definition) is 4. The van der Waals surface area contributed by atoms with Crippen molar-refractivity contribution in [3.05, 3.63) is 44.9 Å². The molecule has 3 rings (SSSR count). The lowest BCUT2D eigenvalue weighted by Gasteiger charge is -2.35. The molecule has 0 N–H and O–H groups in total. The van der Waals surface area contributed by atoms with E-state index in [0.29, 0.717) is 12.2 Å². The van der Waals surface area contributed by atoms with E-state index in [1.54, 1.807) is 16.7 Å². The Balaban J connectivity index is 1.87. The number of hydrogen-bond donors (Lipinski definition) is 0. The highest BCUT2D eigenvalue weighted by Gasteiger charge is 2.22. The molecule has 0 aliphatic carbocycles. The second kappa shape index (κ2) is 5.87. The molecular weight excluding hydrogens is 334 g/mol. The summed E-state index contributed by atoms with van der Waals surface area (Å²) >= 11 is 3.37. The summed E-state index contributed by atoms with van der Waals surface area (Å²) in [4.78, 5) is 19.0. The Bertz CT molecular complexity index is 706. The van der Waals surface area contributed by atoms with Gasteiger partial charge in [-0.05, 0) is 41.9 Å². The fourth-order valence-corrected chi connectivity index (χ4v) is 3.19. The lowest BCUT2D eigenvalue weighted by molar-refractivity contribution is -0.0707. The number of rotatable bonds is 2. The van der Waals surface area contributed by atoms with Crippen LogP contribution in [0.4, 0.5) is 0 Å². The Kier molecular flexibility index (Phi) is 4.10. The van der Waals surface area contributed by atoms with Gasteiger partial charge in [-0.3, -0.25) is 14.1 Å². The van der Waals surface area contributed by atoms with Gasteiger partial charge < -0.3 is 4.74 Å². The van der Waals surface area contributed by atoms with E-state index in [-0.39, 0.29) is 17.8 Å². The number of pyridine rings is 1. The highest BCUT2D eigenvalue weighted by atomic mass is 79.9. The van der Waals surface area contributed by atoms with Gasteiger partial charge in [0.05, 0.1) is 17.9 Å².